The molecule has 3 aromatic rings. The van der Waals surface area contributed by atoms with Crippen LogP contribution in [0, 0.1) is 0 Å². The number of nitrogens with zero attached hydrogens (tertiary/aromatic N) is 1. The molecule has 0 aliphatic heterocycles. The number of ether oxygens (including phenoxy) is 2. The number of fused-ring (bicyclic) bond motifs is 1. The summed E-state index contributed by atoms with van der Waals surface area (Å²) < 4.78 is 12.1. The van der Waals surface area contributed by atoms with E-state index in [-0.39, 0.29) is 23.4 Å². The number of hydrogen-bond acceptors (Lipinski definition) is 6. The van der Waals surface area contributed by atoms with Crippen LogP contribution in [0.3, 0.4) is 0 Å². The average Bonchev–Trinajstić information content (AvgIpc) is 2.80. The molecule has 1 amide bonds. The van der Waals surface area contributed by atoms with E-state index in [1.165, 1.54) is 0 Å². The van der Waals surface area contributed by atoms with Gasteiger partial charge in [-0.25, -0.2) is 4.98 Å². The van der Waals surface area contributed by atoms with Crippen molar-refractivity contribution in [3.63, 3.8) is 0 Å². The van der Waals surface area contributed by atoms with E-state index in [1.807, 2.05) is 30.3 Å². The summed E-state index contributed by atoms with van der Waals surface area (Å²) in [6.45, 7) is -0.583. The molecular formula is C24H24N2O6. The Balaban J connectivity index is 1.74. The Hall–Kier alpha value is -3.81. The molecule has 1 aliphatic carbocycles. The monoisotopic (exact) mass is 436 g/mol. The van der Waals surface area contributed by atoms with Crippen LogP contribution in [0.1, 0.15) is 42.6 Å². The van der Waals surface area contributed by atoms with Gasteiger partial charge in [-0.3, -0.25) is 9.59 Å². The Bertz CT molecular complexity index is 1130. The van der Waals surface area contributed by atoms with Gasteiger partial charge in [0, 0.05) is 5.39 Å². The number of aromatic nitrogens is 1. The molecule has 32 heavy (non-hydrogen) atoms. The molecule has 166 valence electrons. The second-order valence-electron chi connectivity index (χ2n) is 7.69. The van der Waals surface area contributed by atoms with Gasteiger partial charge in [0.1, 0.15) is 24.1 Å². The molecule has 1 aliphatic rings. The lowest BCUT2D eigenvalue weighted by Gasteiger charge is -2.23. The summed E-state index contributed by atoms with van der Waals surface area (Å²) in [7, 11) is 0. The van der Waals surface area contributed by atoms with Crippen molar-refractivity contribution in [2.24, 2.45) is 0 Å². The van der Waals surface area contributed by atoms with Crippen molar-refractivity contribution in [2.75, 3.05) is 6.54 Å². The van der Waals surface area contributed by atoms with E-state index in [9.17, 15) is 14.7 Å². The number of benzene rings is 2. The molecule has 0 radical (unpaired) electrons. The minimum Gasteiger partial charge on any atom is -0.505 e. The van der Waals surface area contributed by atoms with Crippen molar-refractivity contribution in [2.45, 2.75) is 38.2 Å². The Morgan fingerprint density at radius 2 is 1.75 bits per heavy atom. The third kappa shape index (κ3) is 4.91. The van der Waals surface area contributed by atoms with E-state index in [1.54, 1.807) is 18.2 Å². The maximum absolute atomic E-state index is 12.5. The summed E-state index contributed by atoms with van der Waals surface area (Å²) in [6.07, 6.45) is 4.97. The first kappa shape index (κ1) is 21.4. The SMILES string of the molecule is O=C(O)CNC(=O)c1nc(OC2CCCCC2)c2cc(Oc3ccccc3)ccc2c1O. The first-order valence-electron chi connectivity index (χ1n) is 10.6. The van der Waals surface area contributed by atoms with Crippen LogP contribution in [0.25, 0.3) is 10.8 Å². The van der Waals surface area contributed by atoms with E-state index in [4.69, 9.17) is 14.6 Å². The maximum Gasteiger partial charge on any atom is 0.322 e. The van der Waals surface area contributed by atoms with Crippen molar-refractivity contribution < 1.29 is 29.3 Å². The molecule has 0 spiro atoms. The lowest BCUT2D eigenvalue weighted by molar-refractivity contribution is -0.135. The Morgan fingerprint density at radius 1 is 1.00 bits per heavy atom. The minimum absolute atomic E-state index is 0.0439. The number of para-hydroxylation sites is 1. The first-order chi connectivity index (χ1) is 15.5. The van der Waals surface area contributed by atoms with Crippen LogP contribution in [-0.2, 0) is 4.79 Å². The van der Waals surface area contributed by atoms with Gasteiger partial charge in [0.25, 0.3) is 5.91 Å². The molecule has 1 fully saturated rings. The largest absolute Gasteiger partial charge is 0.505 e. The molecule has 2 aromatic carbocycles. The first-order valence-corrected chi connectivity index (χ1v) is 10.6. The number of aliphatic carboxylic acids is 1. The highest BCUT2D eigenvalue weighted by Gasteiger charge is 2.23. The second kappa shape index (κ2) is 9.55. The van der Waals surface area contributed by atoms with Crippen molar-refractivity contribution in [1.82, 2.24) is 10.3 Å². The van der Waals surface area contributed by atoms with Gasteiger partial charge in [0.05, 0.1) is 5.39 Å². The minimum atomic E-state index is -1.19. The van der Waals surface area contributed by atoms with E-state index in [2.05, 4.69) is 10.3 Å². The van der Waals surface area contributed by atoms with Gasteiger partial charge in [-0.05, 0) is 56.0 Å². The molecule has 8 heteroatoms. The zero-order valence-electron chi connectivity index (χ0n) is 17.4. The fourth-order valence-electron chi connectivity index (χ4n) is 3.77. The smallest absolute Gasteiger partial charge is 0.322 e. The van der Waals surface area contributed by atoms with Crippen LogP contribution in [0.4, 0.5) is 0 Å². The molecule has 1 heterocycles. The highest BCUT2D eigenvalue weighted by atomic mass is 16.5. The number of carboxylic acid groups (broad SMARTS) is 1. The standard InChI is InChI=1S/C24H24N2O6/c27-20(28)14-25-23(30)21-22(29)18-12-11-17(31-15-7-3-1-4-8-15)13-19(18)24(26-21)32-16-9-5-2-6-10-16/h1,3-4,7-8,11-13,16,29H,2,5-6,9-10,14H2,(H,25,30)(H,27,28). The van der Waals surface area contributed by atoms with Crippen molar-refractivity contribution >= 4 is 22.6 Å². The van der Waals surface area contributed by atoms with Gasteiger partial charge < -0.3 is 25.0 Å². The van der Waals surface area contributed by atoms with Gasteiger partial charge >= 0.3 is 5.97 Å². The third-order valence-corrected chi connectivity index (χ3v) is 5.34. The number of hydrogen-bond donors (Lipinski definition) is 3. The normalized spacial score (nSPS) is 14.1. The number of carboxylic acids is 1. The second-order valence-corrected chi connectivity index (χ2v) is 7.69. The summed E-state index contributed by atoms with van der Waals surface area (Å²) >= 11 is 0. The highest BCUT2D eigenvalue weighted by Crippen LogP contribution is 2.38. The van der Waals surface area contributed by atoms with Crippen molar-refractivity contribution in [3.8, 4) is 23.1 Å². The fraction of sp³-hybridized carbons (Fsp3) is 0.292. The lowest BCUT2D eigenvalue weighted by Crippen LogP contribution is -2.30. The molecule has 1 aromatic heterocycles. The van der Waals surface area contributed by atoms with Crippen LogP contribution in [-0.4, -0.2) is 39.7 Å². The molecule has 4 rings (SSSR count). The Morgan fingerprint density at radius 3 is 2.47 bits per heavy atom. The van der Waals surface area contributed by atoms with Gasteiger partial charge in [0.15, 0.2) is 11.4 Å². The summed E-state index contributed by atoms with van der Waals surface area (Å²) in [4.78, 5) is 27.6. The maximum atomic E-state index is 12.5. The summed E-state index contributed by atoms with van der Waals surface area (Å²) in [5.41, 5.74) is -0.277. The lowest BCUT2D eigenvalue weighted by atomic mass is 9.98. The zero-order chi connectivity index (χ0) is 22.5. The number of nitrogens with one attached hydrogen (secondary N) is 1. The molecule has 0 unspecified atom stereocenters. The zero-order valence-corrected chi connectivity index (χ0v) is 17.4. The fourth-order valence-corrected chi connectivity index (χ4v) is 3.77. The number of aromatic hydroxyl groups is 1. The van der Waals surface area contributed by atoms with Crippen LogP contribution < -0.4 is 14.8 Å². The van der Waals surface area contributed by atoms with E-state index >= 15 is 0 Å². The Kier molecular flexibility index (Phi) is 6.39. The number of amides is 1. The molecule has 8 nitrogen and oxygen atoms in total. The third-order valence-electron chi connectivity index (χ3n) is 5.34. The van der Waals surface area contributed by atoms with Crippen LogP contribution >= 0.6 is 0 Å². The van der Waals surface area contributed by atoms with Gasteiger partial charge in [-0.15, -0.1) is 0 Å². The molecule has 0 saturated heterocycles. The van der Waals surface area contributed by atoms with Crippen LogP contribution in [0.2, 0.25) is 0 Å². The van der Waals surface area contributed by atoms with E-state index in [0.717, 1.165) is 32.1 Å². The molecular weight excluding hydrogens is 412 g/mol. The van der Waals surface area contributed by atoms with Gasteiger partial charge in [0.2, 0.25) is 5.88 Å². The van der Waals surface area contributed by atoms with Crippen molar-refractivity contribution in [3.05, 3.63) is 54.2 Å². The molecule has 0 atom stereocenters. The highest BCUT2D eigenvalue weighted by molar-refractivity contribution is 6.04. The number of rotatable bonds is 7. The number of carbonyl (C=O) groups is 2. The summed E-state index contributed by atoms with van der Waals surface area (Å²) in [5.74, 6) is -0.927. The quantitative estimate of drug-likeness (QED) is 0.506. The Labute approximate surface area is 184 Å². The number of carbonyl (C=O) groups excluding carboxylic acids is 1. The summed E-state index contributed by atoms with van der Waals surface area (Å²) in [5, 5.41) is 22.7. The topological polar surface area (TPSA) is 118 Å². The number of pyridine rings is 1. The summed E-state index contributed by atoms with van der Waals surface area (Å²) in [6, 6.07) is 14.3. The van der Waals surface area contributed by atoms with Crippen LogP contribution in [0.5, 0.6) is 23.1 Å². The molecule has 3 N–H and O–H groups in total. The van der Waals surface area contributed by atoms with Gasteiger partial charge in [-0.1, -0.05) is 24.6 Å². The predicted molar refractivity (Wildman–Crippen MR) is 117 cm³/mol. The predicted octanol–water partition coefficient (Wildman–Crippen LogP) is 4.26. The van der Waals surface area contributed by atoms with Crippen molar-refractivity contribution in [1.29, 1.82) is 0 Å². The van der Waals surface area contributed by atoms with E-state index < -0.39 is 18.4 Å². The molecule has 1 saturated carbocycles. The molecule has 0 bridgehead atoms. The van der Waals surface area contributed by atoms with Gasteiger partial charge in [-0.2, -0.15) is 0 Å². The van der Waals surface area contributed by atoms with E-state index in [0.29, 0.717) is 22.3 Å². The van der Waals surface area contributed by atoms with Crippen LogP contribution in [0.15, 0.2) is 48.5 Å². The average molecular weight is 436 g/mol.